The first-order valence-electron chi connectivity index (χ1n) is 7.62. The standard InChI is InChI=1S/C16H20N4OS/c1-2-8-21-15-12(4-3-6-17-15)10-20-7-5-14-13(11-20)9-18-16(22)19-14/h3-4,6,9H,2,5,7-8,10-11H2,1H3,(H,18,19,22). The van der Waals surface area contributed by atoms with Gasteiger partial charge in [-0.05, 0) is 24.7 Å². The van der Waals surface area contributed by atoms with Crippen LogP contribution in [-0.4, -0.2) is 33.0 Å². The summed E-state index contributed by atoms with van der Waals surface area (Å²) in [7, 11) is 0. The van der Waals surface area contributed by atoms with Crippen molar-refractivity contribution < 1.29 is 4.74 Å². The van der Waals surface area contributed by atoms with Crippen LogP contribution in [0.25, 0.3) is 0 Å². The molecule has 0 atom stereocenters. The van der Waals surface area contributed by atoms with Crippen molar-refractivity contribution in [3.63, 3.8) is 0 Å². The van der Waals surface area contributed by atoms with E-state index in [2.05, 4.69) is 32.8 Å². The molecule has 0 fully saturated rings. The summed E-state index contributed by atoms with van der Waals surface area (Å²) in [6, 6.07) is 4.05. The summed E-state index contributed by atoms with van der Waals surface area (Å²) >= 11 is 5.08. The van der Waals surface area contributed by atoms with Crippen LogP contribution in [0, 0.1) is 4.77 Å². The molecule has 5 nitrogen and oxygen atoms in total. The predicted molar refractivity (Wildman–Crippen MR) is 87.3 cm³/mol. The number of ether oxygens (including phenoxy) is 1. The summed E-state index contributed by atoms with van der Waals surface area (Å²) < 4.78 is 6.31. The quantitative estimate of drug-likeness (QED) is 0.860. The van der Waals surface area contributed by atoms with E-state index in [1.165, 1.54) is 11.3 Å². The molecule has 0 bridgehead atoms. The molecule has 2 aromatic rings. The van der Waals surface area contributed by atoms with Crippen LogP contribution >= 0.6 is 12.2 Å². The Morgan fingerprint density at radius 2 is 2.32 bits per heavy atom. The van der Waals surface area contributed by atoms with Crippen LogP contribution in [0.3, 0.4) is 0 Å². The van der Waals surface area contributed by atoms with E-state index in [0.29, 0.717) is 11.4 Å². The lowest BCUT2D eigenvalue weighted by Crippen LogP contribution is -2.31. The van der Waals surface area contributed by atoms with Gasteiger partial charge in [-0.3, -0.25) is 4.90 Å². The summed E-state index contributed by atoms with van der Waals surface area (Å²) in [4.78, 5) is 14.1. The lowest BCUT2D eigenvalue weighted by Gasteiger charge is -2.28. The highest BCUT2D eigenvalue weighted by Gasteiger charge is 2.18. The average molecular weight is 316 g/mol. The van der Waals surface area contributed by atoms with Crippen molar-refractivity contribution in [2.24, 2.45) is 0 Å². The van der Waals surface area contributed by atoms with Gasteiger partial charge in [-0.25, -0.2) is 9.97 Å². The van der Waals surface area contributed by atoms with Crippen LogP contribution in [-0.2, 0) is 19.5 Å². The minimum absolute atomic E-state index is 0.565. The number of aromatic amines is 1. The molecule has 0 saturated carbocycles. The Morgan fingerprint density at radius 1 is 1.41 bits per heavy atom. The summed E-state index contributed by atoms with van der Waals surface area (Å²) in [5.74, 6) is 0.751. The van der Waals surface area contributed by atoms with Gasteiger partial charge in [-0.15, -0.1) is 0 Å². The highest BCUT2D eigenvalue weighted by atomic mass is 32.1. The number of pyridine rings is 1. The van der Waals surface area contributed by atoms with E-state index in [-0.39, 0.29) is 0 Å². The Hall–Kier alpha value is -1.79. The van der Waals surface area contributed by atoms with E-state index >= 15 is 0 Å². The molecule has 6 heteroatoms. The van der Waals surface area contributed by atoms with Crippen molar-refractivity contribution in [3.05, 3.63) is 46.1 Å². The van der Waals surface area contributed by atoms with E-state index in [1.54, 1.807) is 6.20 Å². The lowest BCUT2D eigenvalue weighted by molar-refractivity contribution is 0.233. The zero-order chi connectivity index (χ0) is 15.4. The van der Waals surface area contributed by atoms with Gasteiger partial charge in [0.1, 0.15) is 0 Å². The van der Waals surface area contributed by atoms with E-state index in [4.69, 9.17) is 17.0 Å². The Balaban J connectivity index is 1.72. The summed E-state index contributed by atoms with van der Waals surface area (Å²) in [5, 5.41) is 0. The second kappa shape index (κ2) is 6.98. The first-order valence-corrected chi connectivity index (χ1v) is 8.03. The number of aromatic nitrogens is 3. The number of nitrogens with one attached hydrogen (secondary N) is 1. The first kappa shape index (κ1) is 15.1. The second-order valence-electron chi connectivity index (χ2n) is 5.47. The van der Waals surface area contributed by atoms with Crippen molar-refractivity contribution in [2.45, 2.75) is 32.9 Å². The molecule has 1 N–H and O–H groups in total. The van der Waals surface area contributed by atoms with Crippen LogP contribution in [0.4, 0.5) is 0 Å². The maximum absolute atomic E-state index is 5.74. The molecule has 0 amide bonds. The Kier molecular flexibility index (Phi) is 4.80. The monoisotopic (exact) mass is 316 g/mol. The van der Waals surface area contributed by atoms with Crippen molar-refractivity contribution in [3.8, 4) is 5.88 Å². The van der Waals surface area contributed by atoms with Crippen molar-refractivity contribution in [1.82, 2.24) is 19.9 Å². The smallest absolute Gasteiger partial charge is 0.217 e. The third-order valence-corrected chi connectivity index (χ3v) is 3.95. The molecule has 0 saturated heterocycles. The number of hydrogen-bond donors (Lipinski definition) is 1. The molecule has 0 aromatic carbocycles. The van der Waals surface area contributed by atoms with E-state index in [9.17, 15) is 0 Å². The van der Waals surface area contributed by atoms with Crippen LogP contribution in [0.1, 0.15) is 30.2 Å². The van der Waals surface area contributed by atoms with Crippen LogP contribution in [0.5, 0.6) is 5.88 Å². The Morgan fingerprint density at radius 3 is 3.18 bits per heavy atom. The van der Waals surface area contributed by atoms with E-state index < -0.39 is 0 Å². The molecular formula is C16H20N4OS. The Labute approximate surface area is 135 Å². The maximum atomic E-state index is 5.74. The van der Waals surface area contributed by atoms with Gasteiger partial charge in [0, 0.05) is 55.3 Å². The third-order valence-electron chi connectivity index (χ3n) is 3.74. The van der Waals surface area contributed by atoms with Crippen molar-refractivity contribution in [2.75, 3.05) is 13.2 Å². The highest BCUT2D eigenvalue weighted by molar-refractivity contribution is 7.71. The van der Waals surface area contributed by atoms with Crippen LogP contribution in [0.2, 0.25) is 0 Å². The van der Waals surface area contributed by atoms with Gasteiger partial charge in [0.15, 0.2) is 4.77 Å². The number of nitrogens with zero attached hydrogens (tertiary/aromatic N) is 3. The maximum Gasteiger partial charge on any atom is 0.217 e. The molecule has 2 aromatic heterocycles. The molecule has 1 aliphatic rings. The van der Waals surface area contributed by atoms with Gasteiger partial charge in [-0.2, -0.15) is 0 Å². The van der Waals surface area contributed by atoms with E-state index in [0.717, 1.165) is 43.9 Å². The molecule has 0 aliphatic carbocycles. The number of fused-ring (bicyclic) bond motifs is 1. The van der Waals surface area contributed by atoms with Gasteiger partial charge >= 0.3 is 0 Å². The molecule has 116 valence electrons. The first-order chi connectivity index (χ1) is 10.8. The fraction of sp³-hybridized carbons (Fsp3) is 0.438. The number of rotatable bonds is 5. The van der Waals surface area contributed by atoms with Crippen LogP contribution in [0.15, 0.2) is 24.5 Å². The van der Waals surface area contributed by atoms with Gasteiger partial charge in [0.05, 0.1) is 6.61 Å². The zero-order valence-corrected chi connectivity index (χ0v) is 13.5. The number of H-pyrrole nitrogens is 1. The van der Waals surface area contributed by atoms with Crippen molar-refractivity contribution >= 4 is 12.2 Å². The second-order valence-corrected chi connectivity index (χ2v) is 5.86. The highest BCUT2D eigenvalue weighted by Crippen LogP contribution is 2.22. The normalized spacial score (nSPS) is 14.6. The molecule has 0 unspecified atom stereocenters. The minimum atomic E-state index is 0.565. The molecular weight excluding hydrogens is 296 g/mol. The molecule has 22 heavy (non-hydrogen) atoms. The molecule has 0 radical (unpaired) electrons. The van der Waals surface area contributed by atoms with Gasteiger partial charge in [0.2, 0.25) is 5.88 Å². The predicted octanol–water partition coefficient (Wildman–Crippen LogP) is 2.88. The van der Waals surface area contributed by atoms with Crippen LogP contribution < -0.4 is 4.74 Å². The molecule has 0 spiro atoms. The summed E-state index contributed by atoms with van der Waals surface area (Å²) in [6.45, 7) is 5.50. The largest absolute Gasteiger partial charge is 0.477 e. The van der Waals surface area contributed by atoms with Crippen molar-refractivity contribution in [1.29, 1.82) is 0 Å². The SMILES string of the molecule is CCCOc1ncccc1CN1CCc2[nH]c(=S)ncc2C1. The van der Waals surface area contributed by atoms with E-state index in [1.807, 2.05) is 12.3 Å². The topological polar surface area (TPSA) is 54.0 Å². The lowest BCUT2D eigenvalue weighted by atomic mass is 10.1. The number of hydrogen-bond acceptors (Lipinski definition) is 5. The summed E-state index contributed by atoms with van der Waals surface area (Å²) in [6.07, 6.45) is 5.62. The van der Waals surface area contributed by atoms with Gasteiger partial charge < -0.3 is 9.72 Å². The summed E-state index contributed by atoms with van der Waals surface area (Å²) in [5.41, 5.74) is 3.57. The molecule has 1 aliphatic heterocycles. The molecule has 3 rings (SSSR count). The van der Waals surface area contributed by atoms with Gasteiger partial charge in [0.25, 0.3) is 0 Å². The fourth-order valence-electron chi connectivity index (χ4n) is 2.65. The minimum Gasteiger partial charge on any atom is -0.477 e. The fourth-order valence-corrected chi connectivity index (χ4v) is 2.83. The zero-order valence-electron chi connectivity index (χ0n) is 12.7. The average Bonchev–Trinajstić information content (AvgIpc) is 2.54. The Bertz CT molecular complexity index is 701. The van der Waals surface area contributed by atoms with Gasteiger partial charge in [-0.1, -0.05) is 13.0 Å². The molecule has 3 heterocycles. The third kappa shape index (κ3) is 3.51.